The summed E-state index contributed by atoms with van der Waals surface area (Å²) in [6.45, 7) is 6.52. The Morgan fingerprint density at radius 2 is 1.76 bits per heavy atom. The van der Waals surface area contributed by atoms with Crippen molar-refractivity contribution in [3.63, 3.8) is 0 Å². The Labute approximate surface area is 150 Å². The summed E-state index contributed by atoms with van der Waals surface area (Å²) in [5, 5.41) is 9.36. The van der Waals surface area contributed by atoms with Gasteiger partial charge >= 0.3 is 5.97 Å². The highest BCUT2D eigenvalue weighted by Crippen LogP contribution is 2.65. The number of carbonyl (C=O) groups is 2. The molecular formula is C22H30O3. The summed E-state index contributed by atoms with van der Waals surface area (Å²) >= 11 is 0. The lowest BCUT2D eigenvalue weighted by Gasteiger charge is -2.57. The van der Waals surface area contributed by atoms with Crippen LogP contribution in [0.25, 0.3) is 0 Å². The van der Waals surface area contributed by atoms with E-state index in [0.29, 0.717) is 35.5 Å². The maximum absolute atomic E-state index is 12.2. The molecule has 4 rings (SSSR count). The van der Waals surface area contributed by atoms with Gasteiger partial charge in [-0.15, -0.1) is 0 Å². The van der Waals surface area contributed by atoms with Gasteiger partial charge in [0.15, 0.2) is 0 Å². The molecule has 0 bridgehead atoms. The molecule has 0 aliphatic heterocycles. The second-order valence-corrected chi connectivity index (χ2v) is 9.49. The lowest BCUT2D eigenvalue weighted by molar-refractivity contribution is -0.133. The van der Waals surface area contributed by atoms with Gasteiger partial charge < -0.3 is 5.11 Å². The highest BCUT2D eigenvalue weighted by molar-refractivity contribution is 5.86. The molecular weight excluding hydrogens is 312 g/mol. The molecule has 4 aliphatic rings. The van der Waals surface area contributed by atoms with Gasteiger partial charge in [0.25, 0.3) is 0 Å². The van der Waals surface area contributed by atoms with Crippen LogP contribution in [0.1, 0.15) is 59.3 Å². The van der Waals surface area contributed by atoms with E-state index in [1.54, 1.807) is 6.92 Å². The van der Waals surface area contributed by atoms with E-state index in [4.69, 9.17) is 0 Å². The molecule has 0 aromatic rings. The van der Waals surface area contributed by atoms with Crippen molar-refractivity contribution in [2.24, 2.45) is 40.4 Å². The van der Waals surface area contributed by atoms with E-state index in [2.05, 4.69) is 26.0 Å². The van der Waals surface area contributed by atoms with Gasteiger partial charge in [0.1, 0.15) is 5.78 Å². The number of carbonyl (C=O) groups excluding carboxylic acids is 1. The zero-order valence-electron chi connectivity index (χ0n) is 15.6. The van der Waals surface area contributed by atoms with E-state index in [-0.39, 0.29) is 22.7 Å². The number of Topliss-reactive ketones (excluding diaryl/α,β-unsaturated/α-hetero) is 1. The Bertz CT molecular complexity index is 675. The molecule has 0 radical (unpaired) electrons. The van der Waals surface area contributed by atoms with Crippen LogP contribution in [0.4, 0.5) is 0 Å². The van der Waals surface area contributed by atoms with Crippen LogP contribution in [-0.4, -0.2) is 16.9 Å². The van der Waals surface area contributed by atoms with Crippen LogP contribution >= 0.6 is 0 Å². The number of allylic oxidation sites excluding steroid dienone is 3. The molecule has 7 atom stereocenters. The van der Waals surface area contributed by atoms with E-state index in [0.717, 1.165) is 19.3 Å². The van der Waals surface area contributed by atoms with E-state index >= 15 is 0 Å². The molecule has 0 heterocycles. The number of fused-ring (bicyclic) bond motifs is 5. The van der Waals surface area contributed by atoms with Gasteiger partial charge in [-0.05, 0) is 74.0 Å². The van der Waals surface area contributed by atoms with Crippen molar-refractivity contribution in [1.29, 1.82) is 0 Å². The molecule has 136 valence electrons. The SMILES string of the molecule is CC(=O)C1CC[C@H]2[C@@H]3C=CC4C=C(C(=O)O)CC[C@]4(C)[C@@H]3CC[C@]12C. The highest BCUT2D eigenvalue weighted by atomic mass is 16.4. The van der Waals surface area contributed by atoms with Gasteiger partial charge in [0.2, 0.25) is 0 Å². The number of rotatable bonds is 2. The zero-order chi connectivity index (χ0) is 18.0. The fraction of sp³-hybridized carbons (Fsp3) is 0.727. The first-order valence-corrected chi connectivity index (χ1v) is 9.90. The minimum absolute atomic E-state index is 0.164. The first kappa shape index (κ1) is 17.1. The Hall–Kier alpha value is -1.38. The fourth-order valence-electron chi connectivity index (χ4n) is 7.10. The quantitative estimate of drug-likeness (QED) is 0.744. The van der Waals surface area contributed by atoms with Crippen molar-refractivity contribution in [2.75, 3.05) is 0 Å². The monoisotopic (exact) mass is 342 g/mol. The number of aliphatic carboxylic acids is 1. The second kappa shape index (κ2) is 5.56. The maximum Gasteiger partial charge on any atom is 0.331 e. The first-order valence-electron chi connectivity index (χ1n) is 9.90. The van der Waals surface area contributed by atoms with Crippen LogP contribution in [0, 0.1) is 40.4 Å². The van der Waals surface area contributed by atoms with Crippen LogP contribution in [-0.2, 0) is 9.59 Å². The molecule has 0 aromatic heterocycles. The van der Waals surface area contributed by atoms with Crippen LogP contribution in [0.2, 0.25) is 0 Å². The van der Waals surface area contributed by atoms with Gasteiger partial charge in [-0.25, -0.2) is 4.79 Å². The molecule has 2 fully saturated rings. The molecule has 2 saturated carbocycles. The Balaban J connectivity index is 1.68. The summed E-state index contributed by atoms with van der Waals surface area (Å²) in [7, 11) is 0. The van der Waals surface area contributed by atoms with E-state index in [1.807, 2.05) is 6.08 Å². The van der Waals surface area contributed by atoms with Crippen LogP contribution < -0.4 is 0 Å². The van der Waals surface area contributed by atoms with Gasteiger partial charge in [-0.3, -0.25) is 4.79 Å². The van der Waals surface area contributed by atoms with Gasteiger partial charge in [-0.2, -0.15) is 0 Å². The van der Waals surface area contributed by atoms with Crippen LogP contribution in [0.3, 0.4) is 0 Å². The highest BCUT2D eigenvalue weighted by Gasteiger charge is 2.59. The van der Waals surface area contributed by atoms with E-state index in [9.17, 15) is 14.7 Å². The molecule has 0 spiro atoms. The molecule has 3 heteroatoms. The minimum atomic E-state index is -0.756. The molecule has 0 aromatic carbocycles. The standard InChI is InChI=1S/C22H30O3/c1-13(23)17-6-7-18-16-5-4-15-12-14(20(24)25)8-10-21(15,2)19(16)9-11-22(17,18)3/h4-5,12,15-19H,6-11H2,1-3H3,(H,24,25)/t15?,16-,17?,18-,19+,21-,22+/m0/s1. The number of ketones is 1. The molecule has 0 amide bonds. The third kappa shape index (κ3) is 2.30. The average Bonchev–Trinajstić information content (AvgIpc) is 2.91. The molecule has 3 nitrogen and oxygen atoms in total. The Morgan fingerprint density at radius 3 is 2.44 bits per heavy atom. The molecule has 1 N–H and O–H groups in total. The van der Waals surface area contributed by atoms with Crippen molar-refractivity contribution in [3.8, 4) is 0 Å². The third-order valence-corrected chi connectivity index (χ3v) is 8.56. The number of hydrogen-bond acceptors (Lipinski definition) is 2. The smallest absolute Gasteiger partial charge is 0.331 e. The van der Waals surface area contributed by atoms with E-state index in [1.165, 1.54) is 12.8 Å². The summed E-state index contributed by atoms with van der Waals surface area (Å²) in [4.78, 5) is 23.6. The summed E-state index contributed by atoms with van der Waals surface area (Å²) < 4.78 is 0. The van der Waals surface area contributed by atoms with E-state index < -0.39 is 5.97 Å². The molecule has 4 aliphatic carbocycles. The number of carboxylic acids is 1. The van der Waals surface area contributed by atoms with Crippen LogP contribution in [0.5, 0.6) is 0 Å². The predicted octanol–water partition coefficient (Wildman–Crippen LogP) is 4.63. The number of carboxylic acid groups (broad SMARTS) is 1. The minimum Gasteiger partial charge on any atom is -0.478 e. The topological polar surface area (TPSA) is 54.4 Å². The predicted molar refractivity (Wildman–Crippen MR) is 96.9 cm³/mol. The zero-order valence-corrected chi connectivity index (χ0v) is 15.6. The summed E-state index contributed by atoms with van der Waals surface area (Å²) in [5.41, 5.74) is 0.925. The summed E-state index contributed by atoms with van der Waals surface area (Å²) in [6, 6.07) is 0. The first-order chi connectivity index (χ1) is 11.8. The fourth-order valence-corrected chi connectivity index (χ4v) is 7.10. The Kier molecular flexibility index (Phi) is 3.79. The van der Waals surface area contributed by atoms with Crippen molar-refractivity contribution in [3.05, 3.63) is 23.8 Å². The Morgan fingerprint density at radius 1 is 1.04 bits per heavy atom. The molecule has 0 saturated heterocycles. The third-order valence-electron chi connectivity index (χ3n) is 8.56. The van der Waals surface area contributed by atoms with Crippen LogP contribution in [0.15, 0.2) is 23.8 Å². The number of hydrogen-bond donors (Lipinski definition) is 1. The largest absolute Gasteiger partial charge is 0.478 e. The molecule has 2 unspecified atom stereocenters. The van der Waals surface area contributed by atoms with Crippen molar-refractivity contribution in [1.82, 2.24) is 0 Å². The lowest BCUT2D eigenvalue weighted by Crippen LogP contribution is -2.51. The molecule has 25 heavy (non-hydrogen) atoms. The summed E-state index contributed by atoms with van der Waals surface area (Å²) in [5.74, 6) is 1.90. The summed E-state index contributed by atoms with van der Waals surface area (Å²) in [6.07, 6.45) is 12.9. The average molecular weight is 342 g/mol. The maximum atomic E-state index is 12.2. The normalized spacial score (nSPS) is 48.1. The van der Waals surface area contributed by atoms with Gasteiger partial charge in [0, 0.05) is 17.4 Å². The second-order valence-electron chi connectivity index (χ2n) is 9.49. The van der Waals surface area contributed by atoms with Crippen molar-refractivity contribution < 1.29 is 14.7 Å². The van der Waals surface area contributed by atoms with Gasteiger partial charge in [0.05, 0.1) is 0 Å². The van der Waals surface area contributed by atoms with Crippen molar-refractivity contribution in [2.45, 2.75) is 59.3 Å². The van der Waals surface area contributed by atoms with Gasteiger partial charge in [-0.1, -0.05) is 32.1 Å². The van der Waals surface area contributed by atoms with Crippen molar-refractivity contribution >= 4 is 11.8 Å². The lowest BCUT2D eigenvalue weighted by atomic mass is 9.47.